The molecule has 0 radical (unpaired) electrons. The van der Waals surface area contributed by atoms with Gasteiger partial charge in [-0.15, -0.1) is 6.58 Å². The van der Waals surface area contributed by atoms with Crippen LogP contribution in [0.5, 0.6) is 0 Å². The number of nitrogens with two attached hydrogens (primary N) is 1. The van der Waals surface area contributed by atoms with Gasteiger partial charge in [-0.1, -0.05) is 30.4 Å². The number of hydrogen-bond acceptors (Lipinski definition) is 8. The van der Waals surface area contributed by atoms with Gasteiger partial charge in [0.15, 0.2) is 6.10 Å². The number of ketones is 2. The van der Waals surface area contributed by atoms with Gasteiger partial charge in [0.05, 0.1) is 17.5 Å². The van der Waals surface area contributed by atoms with Crippen molar-refractivity contribution in [3.05, 3.63) is 71.1 Å². The molecular formula is C29H39N3O7. The van der Waals surface area contributed by atoms with E-state index in [-0.39, 0.29) is 28.9 Å². The highest BCUT2D eigenvalue weighted by molar-refractivity contribution is 6.23. The first-order valence-electron chi connectivity index (χ1n) is 12.9. The van der Waals surface area contributed by atoms with Crippen LogP contribution in [0.1, 0.15) is 46.0 Å². The molecule has 2 aliphatic rings. The summed E-state index contributed by atoms with van der Waals surface area (Å²) in [4.78, 5) is 50.7. The predicted molar refractivity (Wildman–Crippen MR) is 147 cm³/mol. The number of fused-ring (bicyclic) bond motifs is 2. The number of allylic oxidation sites excluding steroid dienone is 5. The SMILES string of the molecule is C=CCNC1=C2CCC[C@H](OC)CC/C=C(\C)[C@H](OC(N)=O)[C@@H](OC)/C=C\C=C(/C)C(=O)NC(=CC1=O)C2=O. The molecule has 39 heavy (non-hydrogen) atoms. The monoisotopic (exact) mass is 541 g/mol. The summed E-state index contributed by atoms with van der Waals surface area (Å²) in [5.74, 6) is -1.34. The minimum Gasteiger partial charge on any atom is -0.439 e. The molecule has 0 spiro atoms. The molecule has 10 heteroatoms. The fraction of sp³-hybridized carbons (Fsp3) is 0.448. The molecule has 0 aromatic rings. The highest BCUT2D eigenvalue weighted by Crippen LogP contribution is 2.24. The van der Waals surface area contributed by atoms with E-state index in [0.29, 0.717) is 44.2 Å². The smallest absolute Gasteiger partial charge is 0.405 e. The molecule has 1 heterocycles. The highest BCUT2D eigenvalue weighted by Gasteiger charge is 2.30. The molecule has 0 aromatic carbocycles. The largest absolute Gasteiger partial charge is 0.439 e. The molecule has 0 saturated carbocycles. The molecule has 0 saturated heterocycles. The van der Waals surface area contributed by atoms with E-state index in [1.807, 2.05) is 13.0 Å². The number of Topliss-reactive ketones (excluding diaryl/α,β-unsaturated/α-hetero) is 1. The Labute approximate surface area is 229 Å². The molecule has 4 N–H and O–H groups in total. The average molecular weight is 542 g/mol. The van der Waals surface area contributed by atoms with Gasteiger partial charge in [0.2, 0.25) is 11.6 Å². The first kappa shape index (κ1) is 31.5. The van der Waals surface area contributed by atoms with E-state index in [0.717, 1.165) is 11.6 Å². The predicted octanol–water partition coefficient (Wildman–Crippen LogP) is 3.07. The maximum atomic E-state index is 13.3. The molecule has 2 rings (SSSR count). The van der Waals surface area contributed by atoms with Crippen LogP contribution in [0.3, 0.4) is 0 Å². The number of primary amides is 1. The number of methoxy groups -OCH3 is 2. The van der Waals surface area contributed by atoms with Gasteiger partial charge < -0.3 is 30.6 Å². The van der Waals surface area contributed by atoms with Crippen LogP contribution in [0.2, 0.25) is 0 Å². The summed E-state index contributed by atoms with van der Waals surface area (Å²) in [6.45, 7) is 7.37. The van der Waals surface area contributed by atoms with Gasteiger partial charge in [0.1, 0.15) is 6.10 Å². The van der Waals surface area contributed by atoms with Gasteiger partial charge >= 0.3 is 6.09 Å². The number of ether oxygens (including phenoxy) is 3. The lowest BCUT2D eigenvalue weighted by Gasteiger charge is -2.24. The second-order valence-corrected chi connectivity index (χ2v) is 9.30. The quantitative estimate of drug-likeness (QED) is 0.344. The van der Waals surface area contributed by atoms with Gasteiger partial charge in [-0.25, -0.2) is 4.79 Å². The molecule has 1 aliphatic heterocycles. The lowest BCUT2D eigenvalue weighted by atomic mass is 9.91. The highest BCUT2D eigenvalue weighted by atomic mass is 16.6. The number of nitrogens with one attached hydrogen (secondary N) is 2. The van der Waals surface area contributed by atoms with Crippen LogP contribution < -0.4 is 16.4 Å². The third-order valence-corrected chi connectivity index (χ3v) is 6.52. The fourth-order valence-corrected chi connectivity index (χ4v) is 4.35. The van der Waals surface area contributed by atoms with E-state index in [1.54, 1.807) is 32.3 Å². The Balaban J connectivity index is 2.46. The Morgan fingerprint density at radius 2 is 1.95 bits per heavy atom. The number of rotatable bonds is 6. The zero-order chi connectivity index (χ0) is 28.9. The van der Waals surface area contributed by atoms with Crippen LogP contribution in [0.15, 0.2) is 71.1 Å². The summed E-state index contributed by atoms with van der Waals surface area (Å²) in [6.07, 6.45) is 9.84. The van der Waals surface area contributed by atoms with Gasteiger partial charge in [0.25, 0.3) is 5.91 Å². The van der Waals surface area contributed by atoms with Crippen molar-refractivity contribution in [1.29, 1.82) is 0 Å². The third kappa shape index (κ3) is 9.19. The molecule has 2 bridgehead atoms. The van der Waals surface area contributed by atoms with Crippen molar-refractivity contribution in [3.63, 3.8) is 0 Å². The third-order valence-electron chi connectivity index (χ3n) is 6.52. The van der Waals surface area contributed by atoms with Gasteiger partial charge in [-0.05, 0) is 51.5 Å². The van der Waals surface area contributed by atoms with Crippen LogP contribution in [-0.2, 0) is 28.6 Å². The normalized spacial score (nSPS) is 27.3. The van der Waals surface area contributed by atoms with Crippen LogP contribution in [-0.4, -0.2) is 62.6 Å². The van der Waals surface area contributed by atoms with E-state index < -0.39 is 30.0 Å². The van der Waals surface area contributed by atoms with E-state index in [9.17, 15) is 19.2 Å². The molecular weight excluding hydrogens is 502 g/mol. The van der Waals surface area contributed by atoms with E-state index in [1.165, 1.54) is 13.2 Å². The zero-order valence-electron chi connectivity index (χ0n) is 23.1. The molecule has 10 nitrogen and oxygen atoms in total. The topological polar surface area (TPSA) is 146 Å². The maximum Gasteiger partial charge on any atom is 0.405 e. The second kappa shape index (κ2) is 15.6. The van der Waals surface area contributed by atoms with Gasteiger partial charge in [-0.3, -0.25) is 14.4 Å². The molecule has 212 valence electrons. The van der Waals surface area contributed by atoms with Crippen molar-refractivity contribution in [3.8, 4) is 0 Å². The number of carbonyl (C=O) groups is 4. The molecule has 0 aromatic heterocycles. The Bertz CT molecular complexity index is 1110. The standard InChI is InChI=1S/C29H39N3O7/c1-6-16-31-25-21-14-9-13-20(37-4)12-7-10-18(2)27(39-29(30)36)24(38-5)15-8-11-19(3)28(35)32-22(26(21)34)17-23(25)33/h6,8,10-11,15,17,20,24,27,31H,1,7,9,12-14,16H2,2-5H3,(H2,30,36)(H,32,35)/b15-8-,18-10+,19-11+/t20-,24+,27+/m1/s1. The molecule has 1 aliphatic carbocycles. The van der Waals surface area contributed by atoms with Gasteiger partial charge in [-0.2, -0.15) is 0 Å². The van der Waals surface area contributed by atoms with E-state index in [4.69, 9.17) is 19.9 Å². The number of carbonyl (C=O) groups excluding carboxylic acids is 4. The molecule has 2 amide bonds. The van der Waals surface area contributed by atoms with E-state index in [2.05, 4.69) is 17.2 Å². The lowest BCUT2D eigenvalue weighted by molar-refractivity contribution is -0.120. The van der Waals surface area contributed by atoms with Crippen LogP contribution in [0, 0.1) is 0 Å². The lowest BCUT2D eigenvalue weighted by Crippen LogP contribution is -2.35. The summed E-state index contributed by atoms with van der Waals surface area (Å²) in [5, 5.41) is 5.55. The fourth-order valence-electron chi connectivity index (χ4n) is 4.35. The van der Waals surface area contributed by atoms with Crippen molar-refractivity contribution in [1.82, 2.24) is 10.6 Å². The summed E-state index contributed by atoms with van der Waals surface area (Å²) in [7, 11) is 3.10. The molecule has 0 fully saturated rings. The van der Waals surface area contributed by atoms with Crippen LogP contribution in [0.25, 0.3) is 0 Å². The Kier molecular flexibility index (Phi) is 12.6. The molecule has 0 unspecified atom stereocenters. The average Bonchev–Trinajstić information content (AvgIpc) is 2.90. The van der Waals surface area contributed by atoms with Crippen molar-refractivity contribution in [2.75, 3.05) is 20.8 Å². The first-order valence-corrected chi connectivity index (χ1v) is 12.9. The zero-order valence-corrected chi connectivity index (χ0v) is 23.1. The minimum absolute atomic E-state index is 0.0772. The summed E-state index contributed by atoms with van der Waals surface area (Å²) < 4.78 is 16.5. The summed E-state index contributed by atoms with van der Waals surface area (Å²) in [6, 6.07) is 0. The number of hydrogen-bond donors (Lipinski definition) is 3. The Morgan fingerprint density at radius 1 is 1.21 bits per heavy atom. The minimum atomic E-state index is -0.933. The molecule has 3 atom stereocenters. The van der Waals surface area contributed by atoms with Crippen molar-refractivity contribution in [2.45, 2.75) is 64.3 Å². The second-order valence-electron chi connectivity index (χ2n) is 9.30. The van der Waals surface area contributed by atoms with Crippen LogP contribution in [0.4, 0.5) is 4.79 Å². The van der Waals surface area contributed by atoms with Crippen molar-refractivity contribution >= 4 is 23.6 Å². The number of amides is 2. The van der Waals surface area contributed by atoms with Crippen molar-refractivity contribution < 1.29 is 33.4 Å². The summed E-state index contributed by atoms with van der Waals surface area (Å²) >= 11 is 0. The summed E-state index contributed by atoms with van der Waals surface area (Å²) in [5.41, 5.74) is 6.81. The van der Waals surface area contributed by atoms with Gasteiger partial charge in [0, 0.05) is 38.0 Å². The van der Waals surface area contributed by atoms with Crippen molar-refractivity contribution in [2.24, 2.45) is 5.73 Å². The maximum absolute atomic E-state index is 13.3. The Hall–Kier alpha value is -3.76. The van der Waals surface area contributed by atoms with E-state index >= 15 is 0 Å². The first-order chi connectivity index (χ1) is 18.6. The Morgan fingerprint density at radius 3 is 2.59 bits per heavy atom. The van der Waals surface area contributed by atoms with Crippen LogP contribution >= 0.6 is 0 Å².